The average Bonchev–Trinajstić information content (AvgIpc) is 3.42. The minimum atomic E-state index is 0.710. The molecule has 2 atom stereocenters. The van der Waals surface area contributed by atoms with Crippen LogP contribution in [0.25, 0.3) is 0 Å². The molecule has 0 radical (unpaired) electrons. The number of hydrogen-bond acceptors (Lipinski definition) is 4. The van der Waals surface area contributed by atoms with Crippen LogP contribution < -0.4 is 0 Å². The number of nitrogens with zero attached hydrogens (tertiary/aromatic N) is 4. The summed E-state index contributed by atoms with van der Waals surface area (Å²) < 4.78 is 2.50. The standard InChI is InChI=1S/C16H26N4S/c1-19(13-7-8-14(9-13)21-2)10-15-17-18-16(11-3-4-11)20(15)12-5-6-12/h11-14H,3-10H2,1-2H3/t13-,14-/m1/s1. The second-order valence-electron chi connectivity index (χ2n) is 7.09. The van der Waals surface area contributed by atoms with E-state index in [1.165, 1.54) is 56.6 Å². The van der Waals surface area contributed by atoms with Gasteiger partial charge < -0.3 is 4.57 Å². The maximum atomic E-state index is 4.56. The Hall–Kier alpha value is -0.550. The van der Waals surface area contributed by atoms with Gasteiger partial charge in [0.1, 0.15) is 11.6 Å². The summed E-state index contributed by atoms with van der Waals surface area (Å²) >= 11 is 2.03. The van der Waals surface area contributed by atoms with Crippen molar-refractivity contribution in [3.8, 4) is 0 Å². The molecule has 0 bridgehead atoms. The van der Waals surface area contributed by atoms with Crippen molar-refractivity contribution in [3.63, 3.8) is 0 Å². The molecule has 1 heterocycles. The van der Waals surface area contributed by atoms with Gasteiger partial charge in [-0.15, -0.1) is 10.2 Å². The molecule has 3 aliphatic rings. The van der Waals surface area contributed by atoms with E-state index in [4.69, 9.17) is 0 Å². The molecule has 3 aliphatic carbocycles. The first kappa shape index (κ1) is 14.1. The molecule has 0 N–H and O–H groups in total. The molecule has 0 spiro atoms. The third kappa shape index (κ3) is 2.87. The number of thioether (sulfide) groups is 1. The van der Waals surface area contributed by atoms with E-state index in [2.05, 4.69) is 33.0 Å². The van der Waals surface area contributed by atoms with Crippen LogP contribution in [0.1, 0.15) is 68.6 Å². The minimum absolute atomic E-state index is 0.710. The first-order chi connectivity index (χ1) is 10.3. The summed E-state index contributed by atoms with van der Waals surface area (Å²) in [5, 5.41) is 9.95. The summed E-state index contributed by atoms with van der Waals surface area (Å²) in [4.78, 5) is 2.52. The van der Waals surface area contributed by atoms with Gasteiger partial charge in [0.15, 0.2) is 0 Å². The molecular formula is C16H26N4S. The zero-order chi connectivity index (χ0) is 14.4. The molecule has 0 aromatic carbocycles. The molecule has 0 aliphatic heterocycles. The molecule has 0 amide bonds. The number of hydrogen-bond donors (Lipinski definition) is 0. The third-order valence-electron chi connectivity index (χ3n) is 5.35. The zero-order valence-electron chi connectivity index (χ0n) is 13.2. The third-order valence-corrected chi connectivity index (χ3v) is 6.45. The van der Waals surface area contributed by atoms with Crippen molar-refractivity contribution >= 4 is 11.8 Å². The lowest BCUT2D eigenvalue weighted by atomic mass is 10.2. The van der Waals surface area contributed by atoms with Crippen LogP contribution in [-0.4, -0.2) is 44.3 Å². The van der Waals surface area contributed by atoms with Crippen molar-refractivity contribution < 1.29 is 0 Å². The van der Waals surface area contributed by atoms with E-state index in [1.807, 2.05) is 11.8 Å². The summed E-state index contributed by atoms with van der Waals surface area (Å²) in [7, 11) is 2.27. The molecular weight excluding hydrogens is 280 g/mol. The Morgan fingerprint density at radius 1 is 1.14 bits per heavy atom. The quantitative estimate of drug-likeness (QED) is 0.808. The van der Waals surface area contributed by atoms with Gasteiger partial charge in [0.25, 0.3) is 0 Å². The van der Waals surface area contributed by atoms with Gasteiger partial charge in [-0.25, -0.2) is 0 Å². The highest BCUT2D eigenvalue weighted by Gasteiger charge is 2.37. The van der Waals surface area contributed by atoms with Crippen molar-refractivity contribution in [2.24, 2.45) is 0 Å². The van der Waals surface area contributed by atoms with E-state index in [1.54, 1.807) is 0 Å². The lowest BCUT2D eigenvalue weighted by Gasteiger charge is -2.24. The van der Waals surface area contributed by atoms with Crippen molar-refractivity contribution in [1.29, 1.82) is 0 Å². The predicted molar refractivity (Wildman–Crippen MR) is 86.7 cm³/mol. The first-order valence-electron chi connectivity index (χ1n) is 8.43. The van der Waals surface area contributed by atoms with Gasteiger partial charge in [0, 0.05) is 23.3 Å². The Balaban J connectivity index is 1.46. The fourth-order valence-corrected chi connectivity index (χ4v) is 4.47. The molecule has 1 aromatic rings. The van der Waals surface area contributed by atoms with E-state index < -0.39 is 0 Å². The van der Waals surface area contributed by atoms with Crippen LogP contribution in [0.3, 0.4) is 0 Å². The summed E-state index contributed by atoms with van der Waals surface area (Å²) in [5.41, 5.74) is 0. The Morgan fingerprint density at radius 2 is 1.95 bits per heavy atom. The molecule has 1 aromatic heterocycles. The van der Waals surface area contributed by atoms with Crippen LogP contribution in [0.5, 0.6) is 0 Å². The molecule has 0 saturated heterocycles. The van der Waals surface area contributed by atoms with E-state index >= 15 is 0 Å². The Bertz CT molecular complexity index is 506. The van der Waals surface area contributed by atoms with Gasteiger partial charge in [-0.05, 0) is 58.2 Å². The Kier molecular flexibility index (Phi) is 3.74. The van der Waals surface area contributed by atoms with Crippen molar-refractivity contribution in [2.45, 2.75) is 74.7 Å². The van der Waals surface area contributed by atoms with Crippen LogP contribution in [0.4, 0.5) is 0 Å². The maximum Gasteiger partial charge on any atom is 0.147 e. The predicted octanol–water partition coefficient (Wildman–Crippen LogP) is 3.21. The van der Waals surface area contributed by atoms with Crippen LogP contribution in [0.15, 0.2) is 0 Å². The average molecular weight is 306 g/mol. The number of rotatable bonds is 6. The minimum Gasteiger partial charge on any atom is -0.311 e. The van der Waals surface area contributed by atoms with Crippen molar-refractivity contribution in [2.75, 3.05) is 13.3 Å². The van der Waals surface area contributed by atoms with Crippen LogP contribution in [-0.2, 0) is 6.54 Å². The normalized spacial score (nSPS) is 29.5. The maximum absolute atomic E-state index is 4.56. The second-order valence-corrected chi connectivity index (χ2v) is 8.23. The van der Waals surface area contributed by atoms with Crippen molar-refractivity contribution in [3.05, 3.63) is 11.6 Å². The molecule has 5 heteroatoms. The van der Waals surface area contributed by atoms with E-state index in [0.717, 1.165) is 17.8 Å². The van der Waals surface area contributed by atoms with E-state index in [9.17, 15) is 0 Å². The second kappa shape index (κ2) is 5.58. The highest BCUT2D eigenvalue weighted by molar-refractivity contribution is 7.99. The monoisotopic (exact) mass is 306 g/mol. The summed E-state index contributed by atoms with van der Waals surface area (Å²) in [6.07, 6.45) is 11.6. The fraction of sp³-hybridized carbons (Fsp3) is 0.875. The molecule has 3 saturated carbocycles. The molecule has 116 valence electrons. The molecule has 21 heavy (non-hydrogen) atoms. The molecule has 4 nitrogen and oxygen atoms in total. The van der Waals surface area contributed by atoms with Gasteiger partial charge >= 0.3 is 0 Å². The van der Waals surface area contributed by atoms with E-state index in [0.29, 0.717) is 12.0 Å². The molecule has 4 rings (SSSR count). The van der Waals surface area contributed by atoms with Gasteiger partial charge in [0.05, 0.1) is 6.54 Å². The van der Waals surface area contributed by atoms with Crippen LogP contribution in [0.2, 0.25) is 0 Å². The summed E-state index contributed by atoms with van der Waals surface area (Å²) in [6.45, 7) is 0.974. The largest absolute Gasteiger partial charge is 0.311 e. The van der Waals surface area contributed by atoms with Crippen molar-refractivity contribution in [1.82, 2.24) is 19.7 Å². The zero-order valence-corrected chi connectivity index (χ0v) is 14.0. The first-order valence-corrected chi connectivity index (χ1v) is 9.71. The lowest BCUT2D eigenvalue weighted by Crippen LogP contribution is -2.30. The smallest absolute Gasteiger partial charge is 0.147 e. The van der Waals surface area contributed by atoms with Gasteiger partial charge in [0.2, 0.25) is 0 Å². The van der Waals surface area contributed by atoms with Gasteiger partial charge in [-0.3, -0.25) is 4.90 Å². The topological polar surface area (TPSA) is 34.0 Å². The van der Waals surface area contributed by atoms with Gasteiger partial charge in [-0.2, -0.15) is 11.8 Å². The SMILES string of the molecule is CS[C@@H]1CC[C@@H](N(C)Cc2nnc(C3CC3)n2C2CC2)C1. The van der Waals surface area contributed by atoms with Crippen LogP contribution in [0, 0.1) is 0 Å². The highest BCUT2D eigenvalue weighted by Crippen LogP contribution is 2.45. The Morgan fingerprint density at radius 3 is 2.57 bits per heavy atom. The molecule has 0 unspecified atom stereocenters. The lowest BCUT2D eigenvalue weighted by molar-refractivity contribution is 0.228. The highest BCUT2D eigenvalue weighted by atomic mass is 32.2. The number of aromatic nitrogens is 3. The van der Waals surface area contributed by atoms with E-state index in [-0.39, 0.29) is 0 Å². The Labute approximate surface area is 131 Å². The summed E-state index contributed by atoms with van der Waals surface area (Å²) in [5.74, 6) is 3.22. The summed E-state index contributed by atoms with van der Waals surface area (Å²) in [6, 6.07) is 1.44. The fourth-order valence-electron chi connectivity index (χ4n) is 3.68. The molecule has 3 fully saturated rings. The van der Waals surface area contributed by atoms with Gasteiger partial charge in [-0.1, -0.05) is 0 Å². The van der Waals surface area contributed by atoms with Crippen LogP contribution >= 0.6 is 11.8 Å².